The molecule has 5 nitrogen and oxygen atoms in total. The molecule has 0 amide bonds. The van der Waals surface area contributed by atoms with E-state index in [9.17, 15) is 0 Å². The number of aromatic nitrogens is 2. The highest BCUT2D eigenvalue weighted by Crippen LogP contribution is 2.27. The highest BCUT2D eigenvalue weighted by atomic mass is 35.5. The standard InChI is InChI=1S/C13H14ClN3O2S/c1-18-10-5-6-11(16-13(10)19-2)17-20-8-9-4-3-7-15-12(9)14/h3-7H,8H2,1-2H3,(H,16,17). The molecule has 0 aliphatic carbocycles. The maximum absolute atomic E-state index is 5.99. The van der Waals surface area contributed by atoms with Crippen molar-refractivity contribution in [1.29, 1.82) is 0 Å². The van der Waals surface area contributed by atoms with E-state index in [1.165, 1.54) is 11.9 Å². The summed E-state index contributed by atoms with van der Waals surface area (Å²) >= 11 is 7.46. The summed E-state index contributed by atoms with van der Waals surface area (Å²) in [7, 11) is 3.13. The number of rotatable bonds is 6. The number of ether oxygens (including phenoxy) is 2. The summed E-state index contributed by atoms with van der Waals surface area (Å²) in [5.41, 5.74) is 0.965. The van der Waals surface area contributed by atoms with E-state index in [1.807, 2.05) is 18.2 Å². The molecule has 0 radical (unpaired) electrons. The van der Waals surface area contributed by atoms with Crippen molar-refractivity contribution in [3.05, 3.63) is 41.2 Å². The third-order valence-corrected chi connectivity index (χ3v) is 3.63. The number of halogens is 1. The number of anilines is 1. The number of hydrogen-bond acceptors (Lipinski definition) is 6. The second-order valence-electron chi connectivity index (χ2n) is 3.75. The SMILES string of the molecule is COc1ccc(NSCc2cccnc2Cl)nc1OC. The van der Waals surface area contributed by atoms with Crippen LogP contribution in [0.1, 0.15) is 5.56 Å². The molecule has 0 fully saturated rings. The summed E-state index contributed by atoms with van der Waals surface area (Å²) in [6.07, 6.45) is 1.67. The molecule has 20 heavy (non-hydrogen) atoms. The maximum Gasteiger partial charge on any atom is 0.258 e. The Labute approximate surface area is 126 Å². The molecule has 7 heteroatoms. The molecular formula is C13H14ClN3O2S. The summed E-state index contributed by atoms with van der Waals surface area (Å²) in [6, 6.07) is 7.41. The van der Waals surface area contributed by atoms with Crippen molar-refractivity contribution in [2.24, 2.45) is 0 Å². The van der Waals surface area contributed by atoms with E-state index in [1.54, 1.807) is 26.5 Å². The normalized spacial score (nSPS) is 10.2. The Morgan fingerprint density at radius 2 is 2.10 bits per heavy atom. The van der Waals surface area contributed by atoms with Crippen molar-refractivity contribution in [2.75, 3.05) is 18.9 Å². The molecular weight excluding hydrogens is 298 g/mol. The lowest BCUT2D eigenvalue weighted by Crippen LogP contribution is -1.97. The topological polar surface area (TPSA) is 56.3 Å². The van der Waals surface area contributed by atoms with Crippen molar-refractivity contribution in [2.45, 2.75) is 5.75 Å². The Kier molecular flexibility index (Phi) is 5.31. The minimum atomic E-state index is 0.442. The molecule has 2 rings (SSSR count). The summed E-state index contributed by atoms with van der Waals surface area (Å²) < 4.78 is 13.4. The van der Waals surface area contributed by atoms with E-state index >= 15 is 0 Å². The Morgan fingerprint density at radius 3 is 2.80 bits per heavy atom. The number of pyridine rings is 2. The third-order valence-electron chi connectivity index (χ3n) is 2.48. The quantitative estimate of drug-likeness (QED) is 0.652. The molecule has 0 aliphatic heterocycles. The van der Waals surface area contributed by atoms with E-state index in [2.05, 4.69) is 14.7 Å². The molecule has 0 saturated heterocycles. The van der Waals surface area contributed by atoms with Crippen LogP contribution in [-0.2, 0) is 5.75 Å². The molecule has 2 aromatic rings. The van der Waals surface area contributed by atoms with Crippen molar-refractivity contribution < 1.29 is 9.47 Å². The van der Waals surface area contributed by atoms with Crippen LogP contribution in [0.4, 0.5) is 5.82 Å². The zero-order valence-corrected chi connectivity index (χ0v) is 12.7. The lowest BCUT2D eigenvalue weighted by atomic mass is 10.3. The van der Waals surface area contributed by atoms with Gasteiger partial charge in [-0.2, -0.15) is 4.98 Å². The highest BCUT2D eigenvalue weighted by Gasteiger charge is 2.06. The second kappa shape index (κ2) is 7.21. The van der Waals surface area contributed by atoms with Crippen LogP contribution in [0.3, 0.4) is 0 Å². The number of nitrogens with zero attached hydrogens (tertiary/aromatic N) is 2. The first kappa shape index (κ1) is 14.7. The van der Waals surface area contributed by atoms with Crippen LogP contribution in [0.2, 0.25) is 5.15 Å². The Hall–Kier alpha value is -1.66. The van der Waals surface area contributed by atoms with E-state index < -0.39 is 0 Å². The molecule has 2 heterocycles. The lowest BCUT2D eigenvalue weighted by molar-refractivity contribution is 0.343. The lowest BCUT2D eigenvalue weighted by Gasteiger charge is -2.09. The average molecular weight is 312 g/mol. The van der Waals surface area contributed by atoms with Gasteiger partial charge in [-0.15, -0.1) is 0 Å². The molecule has 0 spiro atoms. The van der Waals surface area contributed by atoms with E-state index in [4.69, 9.17) is 21.1 Å². The number of hydrogen-bond donors (Lipinski definition) is 1. The summed E-state index contributed by atoms with van der Waals surface area (Å²) in [5.74, 6) is 2.41. The summed E-state index contributed by atoms with van der Waals surface area (Å²) in [6.45, 7) is 0. The average Bonchev–Trinajstić information content (AvgIpc) is 2.49. The smallest absolute Gasteiger partial charge is 0.258 e. The minimum absolute atomic E-state index is 0.442. The fourth-order valence-corrected chi connectivity index (χ4v) is 2.49. The molecule has 0 aliphatic rings. The van der Waals surface area contributed by atoms with Gasteiger partial charge in [-0.25, -0.2) is 4.98 Å². The highest BCUT2D eigenvalue weighted by molar-refractivity contribution is 7.99. The fraction of sp³-hybridized carbons (Fsp3) is 0.231. The molecule has 0 bridgehead atoms. The van der Waals surface area contributed by atoms with Gasteiger partial charge >= 0.3 is 0 Å². The summed E-state index contributed by atoms with van der Waals surface area (Å²) in [4.78, 5) is 8.31. The third kappa shape index (κ3) is 3.68. The Morgan fingerprint density at radius 1 is 1.25 bits per heavy atom. The van der Waals surface area contributed by atoms with Crippen LogP contribution >= 0.6 is 23.5 Å². The fourth-order valence-electron chi connectivity index (χ4n) is 1.50. The van der Waals surface area contributed by atoms with Gasteiger partial charge in [0.15, 0.2) is 5.75 Å². The van der Waals surface area contributed by atoms with Crippen molar-refractivity contribution in [3.8, 4) is 11.6 Å². The first-order valence-corrected chi connectivity index (χ1v) is 7.17. The van der Waals surface area contributed by atoms with Crippen LogP contribution < -0.4 is 14.2 Å². The van der Waals surface area contributed by atoms with Gasteiger partial charge in [0, 0.05) is 17.5 Å². The van der Waals surface area contributed by atoms with E-state index in [0.717, 1.165) is 5.56 Å². The molecule has 2 aromatic heterocycles. The largest absolute Gasteiger partial charge is 0.491 e. The van der Waals surface area contributed by atoms with Crippen LogP contribution in [0.15, 0.2) is 30.5 Å². The van der Waals surface area contributed by atoms with Crippen LogP contribution in [0, 0.1) is 0 Å². The monoisotopic (exact) mass is 311 g/mol. The van der Waals surface area contributed by atoms with E-state index in [0.29, 0.717) is 28.4 Å². The van der Waals surface area contributed by atoms with Crippen LogP contribution in [-0.4, -0.2) is 24.2 Å². The zero-order valence-electron chi connectivity index (χ0n) is 11.1. The molecule has 1 N–H and O–H groups in total. The predicted molar refractivity (Wildman–Crippen MR) is 81.5 cm³/mol. The van der Waals surface area contributed by atoms with E-state index in [-0.39, 0.29) is 0 Å². The van der Waals surface area contributed by atoms with Crippen molar-refractivity contribution in [1.82, 2.24) is 9.97 Å². The van der Waals surface area contributed by atoms with Gasteiger partial charge in [-0.3, -0.25) is 0 Å². The first-order chi connectivity index (χ1) is 9.74. The zero-order chi connectivity index (χ0) is 14.4. The van der Waals surface area contributed by atoms with Crippen LogP contribution in [0.25, 0.3) is 0 Å². The van der Waals surface area contributed by atoms with Gasteiger partial charge in [-0.1, -0.05) is 17.7 Å². The minimum Gasteiger partial charge on any atom is -0.491 e. The van der Waals surface area contributed by atoms with Gasteiger partial charge in [0.25, 0.3) is 5.88 Å². The number of methoxy groups -OCH3 is 2. The summed E-state index contributed by atoms with van der Waals surface area (Å²) in [5, 5.41) is 0.516. The molecule has 0 saturated carbocycles. The first-order valence-electron chi connectivity index (χ1n) is 5.81. The molecule has 106 valence electrons. The Bertz CT molecular complexity index is 583. The predicted octanol–water partition coefficient (Wildman–Crippen LogP) is 3.41. The second-order valence-corrected chi connectivity index (χ2v) is 4.89. The van der Waals surface area contributed by atoms with Gasteiger partial charge in [-0.05, 0) is 30.1 Å². The van der Waals surface area contributed by atoms with Crippen molar-refractivity contribution >= 4 is 29.4 Å². The number of nitrogens with one attached hydrogen (secondary N) is 1. The Balaban J connectivity index is 1.96. The van der Waals surface area contributed by atoms with Gasteiger partial charge < -0.3 is 14.2 Å². The van der Waals surface area contributed by atoms with Crippen molar-refractivity contribution in [3.63, 3.8) is 0 Å². The maximum atomic E-state index is 5.99. The molecule has 0 unspecified atom stereocenters. The molecule has 0 atom stereocenters. The van der Waals surface area contributed by atoms with Crippen LogP contribution in [0.5, 0.6) is 11.6 Å². The van der Waals surface area contributed by atoms with Gasteiger partial charge in [0.1, 0.15) is 11.0 Å². The molecule has 0 aromatic carbocycles. The van der Waals surface area contributed by atoms with Gasteiger partial charge in [0.2, 0.25) is 0 Å². The van der Waals surface area contributed by atoms with Gasteiger partial charge in [0.05, 0.1) is 14.2 Å².